The van der Waals surface area contributed by atoms with Crippen LogP contribution in [0.25, 0.3) is 0 Å². The summed E-state index contributed by atoms with van der Waals surface area (Å²) in [4.78, 5) is 40.2. The van der Waals surface area contributed by atoms with Crippen molar-refractivity contribution in [3.8, 4) is 0 Å². The molecule has 28 heavy (non-hydrogen) atoms. The number of nitrogens with zero attached hydrogens (tertiary/aromatic N) is 5. The van der Waals surface area contributed by atoms with Gasteiger partial charge in [-0.1, -0.05) is 0 Å². The number of hydrogen-bond acceptors (Lipinski definition) is 5. The fourth-order valence-electron chi connectivity index (χ4n) is 4.86. The lowest BCUT2D eigenvalue weighted by Crippen LogP contribution is -2.51. The van der Waals surface area contributed by atoms with E-state index in [1.807, 2.05) is 11.8 Å². The van der Waals surface area contributed by atoms with Crippen LogP contribution in [0.15, 0.2) is 12.4 Å². The molecule has 0 radical (unpaired) electrons. The largest absolute Gasteiger partial charge is 0.342 e. The highest BCUT2D eigenvalue weighted by molar-refractivity contribution is 5.93. The summed E-state index contributed by atoms with van der Waals surface area (Å²) in [5.41, 5.74) is 0.568. The van der Waals surface area contributed by atoms with Crippen molar-refractivity contribution in [2.75, 3.05) is 39.3 Å². The first-order valence-electron chi connectivity index (χ1n) is 10.7. The summed E-state index contributed by atoms with van der Waals surface area (Å²) < 4.78 is 0. The van der Waals surface area contributed by atoms with Crippen LogP contribution in [0.4, 0.5) is 0 Å². The molecular weight excluding hydrogens is 354 g/mol. The lowest BCUT2D eigenvalue weighted by atomic mass is 9.93. The maximum absolute atomic E-state index is 12.8. The molecular formula is C21H31N5O2. The van der Waals surface area contributed by atoms with Gasteiger partial charge in [-0.2, -0.15) is 0 Å². The summed E-state index contributed by atoms with van der Waals surface area (Å²) >= 11 is 0. The smallest absolute Gasteiger partial charge is 0.256 e. The van der Waals surface area contributed by atoms with Crippen molar-refractivity contribution in [2.45, 2.75) is 51.5 Å². The molecule has 0 spiro atoms. The second-order valence-electron chi connectivity index (χ2n) is 8.41. The third-order valence-electron chi connectivity index (χ3n) is 6.52. The van der Waals surface area contributed by atoms with Crippen molar-refractivity contribution in [2.24, 2.45) is 5.92 Å². The highest BCUT2D eigenvalue weighted by Gasteiger charge is 2.34. The summed E-state index contributed by atoms with van der Waals surface area (Å²) in [6, 6.07) is 0.479. The van der Waals surface area contributed by atoms with E-state index in [1.54, 1.807) is 12.4 Å². The Morgan fingerprint density at radius 3 is 2.25 bits per heavy atom. The number of carbonyl (C=O) groups excluding carboxylic acids is 2. The molecule has 2 amide bonds. The number of amides is 2. The first-order valence-corrected chi connectivity index (χ1v) is 10.7. The lowest BCUT2D eigenvalue weighted by molar-refractivity contribution is -0.136. The van der Waals surface area contributed by atoms with Crippen molar-refractivity contribution in [3.05, 3.63) is 23.8 Å². The molecule has 0 aliphatic carbocycles. The Bertz CT molecular complexity index is 693. The maximum Gasteiger partial charge on any atom is 0.256 e. The van der Waals surface area contributed by atoms with Crippen LogP contribution in [0.5, 0.6) is 0 Å². The van der Waals surface area contributed by atoms with E-state index in [1.165, 1.54) is 0 Å². The molecule has 3 saturated heterocycles. The van der Waals surface area contributed by atoms with Crippen LogP contribution >= 0.6 is 0 Å². The fourth-order valence-corrected chi connectivity index (χ4v) is 4.86. The van der Waals surface area contributed by atoms with Crippen LogP contribution in [0.3, 0.4) is 0 Å². The Hall–Kier alpha value is -2.02. The van der Waals surface area contributed by atoms with Crippen molar-refractivity contribution in [1.29, 1.82) is 0 Å². The summed E-state index contributed by atoms with van der Waals surface area (Å²) in [5, 5.41) is 0. The van der Waals surface area contributed by atoms with E-state index in [2.05, 4.69) is 19.8 Å². The number of carbonyl (C=O) groups is 2. The van der Waals surface area contributed by atoms with Crippen LogP contribution in [-0.4, -0.2) is 81.8 Å². The molecule has 1 aromatic heterocycles. The summed E-state index contributed by atoms with van der Waals surface area (Å²) in [6.45, 7) is 7.20. The number of piperidine rings is 2. The third-order valence-corrected chi connectivity index (χ3v) is 6.52. The molecule has 1 unspecified atom stereocenters. The first kappa shape index (κ1) is 19.3. The van der Waals surface area contributed by atoms with Crippen LogP contribution in [0.1, 0.15) is 54.7 Å². The number of aromatic nitrogens is 2. The zero-order valence-electron chi connectivity index (χ0n) is 16.8. The zero-order valence-corrected chi connectivity index (χ0v) is 16.8. The molecule has 3 aliphatic rings. The van der Waals surface area contributed by atoms with Crippen LogP contribution in [0.2, 0.25) is 0 Å². The average molecular weight is 386 g/mol. The number of aryl methyl sites for hydroxylation is 1. The summed E-state index contributed by atoms with van der Waals surface area (Å²) in [6.07, 6.45) is 9.63. The lowest BCUT2D eigenvalue weighted by Gasteiger charge is -2.42. The Morgan fingerprint density at radius 1 is 0.893 bits per heavy atom. The first-order chi connectivity index (χ1) is 13.6. The van der Waals surface area contributed by atoms with Gasteiger partial charge in [0.15, 0.2) is 0 Å². The third kappa shape index (κ3) is 4.19. The second kappa shape index (κ2) is 8.55. The van der Waals surface area contributed by atoms with Crippen LogP contribution in [-0.2, 0) is 4.79 Å². The minimum atomic E-state index is 0.0270. The monoisotopic (exact) mass is 385 g/mol. The molecule has 152 valence electrons. The van der Waals surface area contributed by atoms with E-state index < -0.39 is 0 Å². The number of hydrogen-bond donors (Lipinski definition) is 0. The molecule has 0 N–H and O–H groups in total. The molecule has 4 rings (SSSR count). The Kier molecular flexibility index (Phi) is 5.90. The highest BCUT2D eigenvalue weighted by atomic mass is 16.2. The molecule has 7 nitrogen and oxygen atoms in total. The SMILES string of the molecule is Cc1ncc(C(=O)N2CCC(N3CCCC(C(=O)N4CCCC4)C3)CC2)cn1. The van der Waals surface area contributed by atoms with Gasteiger partial charge in [0.25, 0.3) is 5.91 Å². The van der Waals surface area contributed by atoms with E-state index in [-0.39, 0.29) is 11.8 Å². The van der Waals surface area contributed by atoms with Gasteiger partial charge in [0.05, 0.1) is 11.5 Å². The molecule has 0 aromatic carbocycles. The Morgan fingerprint density at radius 2 is 1.57 bits per heavy atom. The van der Waals surface area contributed by atoms with Gasteiger partial charge in [-0.05, 0) is 52.0 Å². The maximum atomic E-state index is 12.8. The van der Waals surface area contributed by atoms with E-state index in [4.69, 9.17) is 0 Å². The summed E-state index contributed by atoms with van der Waals surface area (Å²) in [7, 11) is 0. The molecule has 0 bridgehead atoms. The molecule has 3 aliphatic heterocycles. The summed E-state index contributed by atoms with van der Waals surface area (Å²) in [5.74, 6) is 1.24. The fraction of sp³-hybridized carbons (Fsp3) is 0.714. The second-order valence-corrected chi connectivity index (χ2v) is 8.41. The molecule has 4 heterocycles. The van der Waals surface area contributed by atoms with Gasteiger partial charge in [0, 0.05) is 51.2 Å². The minimum absolute atomic E-state index is 0.0270. The number of likely N-dealkylation sites (tertiary alicyclic amines) is 3. The van der Waals surface area contributed by atoms with Gasteiger partial charge >= 0.3 is 0 Å². The molecule has 1 aromatic rings. The minimum Gasteiger partial charge on any atom is -0.342 e. The van der Waals surface area contributed by atoms with Crippen molar-refractivity contribution in [1.82, 2.24) is 24.7 Å². The zero-order chi connectivity index (χ0) is 19.5. The van der Waals surface area contributed by atoms with Gasteiger partial charge in [0.2, 0.25) is 5.91 Å². The van der Waals surface area contributed by atoms with Crippen molar-refractivity contribution in [3.63, 3.8) is 0 Å². The predicted octanol–water partition coefficient (Wildman–Crippen LogP) is 1.72. The molecule has 3 fully saturated rings. The van der Waals surface area contributed by atoms with Crippen molar-refractivity contribution < 1.29 is 9.59 Å². The molecule has 1 atom stereocenters. The van der Waals surface area contributed by atoms with E-state index >= 15 is 0 Å². The average Bonchev–Trinajstić information content (AvgIpc) is 3.28. The van der Waals surface area contributed by atoms with Crippen LogP contribution < -0.4 is 0 Å². The number of rotatable bonds is 3. The highest BCUT2D eigenvalue weighted by Crippen LogP contribution is 2.26. The van der Waals surface area contributed by atoms with Gasteiger partial charge in [-0.3, -0.25) is 14.5 Å². The van der Waals surface area contributed by atoms with Crippen molar-refractivity contribution >= 4 is 11.8 Å². The normalized spacial score (nSPS) is 24.5. The van der Waals surface area contributed by atoms with Gasteiger partial charge in [0.1, 0.15) is 5.82 Å². The van der Waals surface area contributed by atoms with E-state index in [0.29, 0.717) is 23.3 Å². The Balaban J connectivity index is 1.30. The van der Waals surface area contributed by atoms with Gasteiger partial charge < -0.3 is 9.80 Å². The van der Waals surface area contributed by atoms with Crippen LogP contribution in [0, 0.1) is 12.8 Å². The quantitative estimate of drug-likeness (QED) is 0.792. The van der Waals surface area contributed by atoms with Gasteiger partial charge in [-0.15, -0.1) is 0 Å². The van der Waals surface area contributed by atoms with E-state index in [0.717, 1.165) is 77.8 Å². The standard InChI is InChI=1S/C21H31N5O2/c1-16-22-13-18(14-23-16)21(28)25-11-6-19(7-12-25)26-10-4-5-17(15-26)20(27)24-8-2-3-9-24/h13-14,17,19H,2-12,15H2,1H3. The molecule has 7 heteroatoms. The Labute approximate surface area is 167 Å². The topological polar surface area (TPSA) is 69.6 Å². The van der Waals surface area contributed by atoms with E-state index in [9.17, 15) is 9.59 Å². The predicted molar refractivity (Wildman–Crippen MR) is 106 cm³/mol. The van der Waals surface area contributed by atoms with Gasteiger partial charge in [-0.25, -0.2) is 9.97 Å². The molecule has 0 saturated carbocycles.